The molecule has 0 atom stereocenters. The average Bonchev–Trinajstić information content (AvgIpc) is 2.80. The molecule has 0 spiro atoms. The van der Waals surface area contributed by atoms with Crippen molar-refractivity contribution in [2.75, 3.05) is 6.61 Å². The van der Waals surface area contributed by atoms with Gasteiger partial charge < -0.3 is 9.47 Å². The van der Waals surface area contributed by atoms with E-state index >= 15 is 0 Å². The van der Waals surface area contributed by atoms with Crippen molar-refractivity contribution in [3.05, 3.63) is 65.7 Å². The molecule has 0 bridgehead atoms. The summed E-state index contributed by atoms with van der Waals surface area (Å²) in [6.45, 7) is 3.27. The zero-order chi connectivity index (χ0) is 22.0. The van der Waals surface area contributed by atoms with Crippen LogP contribution >= 0.6 is 0 Å². The summed E-state index contributed by atoms with van der Waals surface area (Å²) in [5.41, 5.74) is 2.31. The Morgan fingerprint density at radius 1 is 0.710 bits per heavy atom. The molecule has 2 rings (SSSR count). The first kappa shape index (κ1) is 25.0. The molecular formula is C28H40O3. The Hall–Kier alpha value is -2.29. The minimum absolute atomic E-state index is 0.0672. The first-order valence-electron chi connectivity index (χ1n) is 12.2. The van der Waals surface area contributed by atoms with E-state index in [9.17, 15) is 4.79 Å². The zero-order valence-corrected chi connectivity index (χ0v) is 19.3. The Morgan fingerprint density at radius 2 is 1.32 bits per heavy atom. The summed E-state index contributed by atoms with van der Waals surface area (Å²) >= 11 is 0. The summed E-state index contributed by atoms with van der Waals surface area (Å²) < 4.78 is 11.2. The van der Waals surface area contributed by atoms with E-state index in [0.717, 1.165) is 36.1 Å². The van der Waals surface area contributed by atoms with Gasteiger partial charge in [0.2, 0.25) is 0 Å². The number of rotatable bonds is 17. The van der Waals surface area contributed by atoms with Crippen LogP contribution in [-0.4, -0.2) is 12.6 Å². The first-order chi connectivity index (χ1) is 15.3. The molecule has 0 aromatic heterocycles. The summed E-state index contributed by atoms with van der Waals surface area (Å²) in [5, 5.41) is 0. The van der Waals surface area contributed by atoms with Gasteiger partial charge in [0, 0.05) is 12.8 Å². The van der Waals surface area contributed by atoms with E-state index in [0.29, 0.717) is 19.6 Å². The van der Waals surface area contributed by atoms with Crippen LogP contribution in [0.5, 0.6) is 5.75 Å². The van der Waals surface area contributed by atoms with Gasteiger partial charge in [-0.05, 0) is 29.7 Å². The monoisotopic (exact) mass is 424 g/mol. The van der Waals surface area contributed by atoms with E-state index in [4.69, 9.17) is 9.47 Å². The maximum atomic E-state index is 11.9. The highest BCUT2D eigenvalue weighted by Gasteiger charge is 2.04. The van der Waals surface area contributed by atoms with Gasteiger partial charge in [0.25, 0.3) is 0 Å². The van der Waals surface area contributed by atoms with E-state index in [1.165, 1.54) is 51.4 Å². The maximum absolute atomic E-state index is 11.9. The molecule has 3 heteroatoms. The van der Waals surface area contributed by atoms with Crippen LogP contribution in [-0.2, 0) is 22.6 Å². The Labute approximate surface area is 189 Å². The minimum Gasteiger partial charge on any atom is -0.489 e. The molecule has 31 heavy (non-hydrogen) atoms. The van der Waals surface area contributed by atoms with E-state index in [1.807, 2.05) is 42.5 Å². The summed E-state index contributed by atoms with van der Waals surface area (Å²) in [4.78, 5) is 11.9. The second-order valence-electron chi connectivity index (χ2n) is 8.32. The Morgan fingerprint density at radius 3 is 1.97 bits per heavy atom. The molecule has 3 nitrogen and oxygen atoms in total. The summed E-state index contributed by atoms with van der Waals surface area (Å²) in [5.74, 6) is 0.785. The van der Waals surface area contributed by atoms with E-state index < -0.39 is 0 Å². The lowest BCUT2D eigenvalue weighted by Gasteiger charge is -2.08. The molecule has 0 aliphatic rings. The second-order valence-corrected chi connectivity index (χ2v) is 8.32. The van der Waals surface area contributed by atoms with Crippen molar-refractivity contribution in [1.29, 1.82) is 0 Å². The Kier molecular flexibility index (Phi) is 13.2. The van der Waals surface area contributed by atoms with Gasteiger partial charge in [-0.2, -0.15) is 0 Å². The van der Waals surface area contributed by atoms with E-state index in [2.05, 4.69) is 19.1 Å². The molecule has 0 radical (unpaired) electrons. The first-order valence-corrected chi connectivity index (χ1v) is 12.2. The molecule has 0 aliphatic heterocycles. The van der Waals surface area contributed by atoms with Gasteiger partial charge in [-0.1, -0.05) is 107 Å². The SMILES string of the molecule is CCCCCCCCCCCCC(=O)OCCc1ccc(OCc2ccccc2)cc1. The van der Waals surface area contributed by atoms with Gasteiger partial charge in [0.1, 0.15) is 12.4 Å². The van der Waals surface area contributed by atoms with Gasteiger partial charge in [-0.15, -0.1) is 0 Å². The third-order valence-electron chi connectivity index (χ3n) is 5.56. The molecule has 0 heterocycles. The van der Waals surface area contributed by atoms with Gasteiger partial charge >= 0.3 is 5.97 Å². The highest BCUT2D eigenvalue weighted by molar-refractivity contribution is 5.69. The third-order valence-corrected chi connectivity index (χ3v) is 5.56. The smallest absolute Gasteiger partial charge is 0.305 e. The van der Waals surface area contributed by atoms with Gasteiger partial charge in [-0.25, -0.2) is 0 Å². The van der Waals surface area contributed by atoms with Crippen molar-refractivity contribution in [3.8, 4) is 5.75 Å². The molecule has 0 saturated heterocycles. The molecule has 2 aromatic rings. The predicted molar refractivity (Wildman–Crippen MR) is 128 cm³/mol. The molecule has 0 saturated carbocycles. The number of carbonyl (C=O) groups is 1. The molecule has 170 valence electrons. The maximum Gasteiger partial charge on any atom is 0.305 e. The van der Waals surface area contributed by atoms with Crippen LogP contribution in [0.15, 0.2) is 54.6 Å². The van der Waals surface area contributed by atoms with E-state index in [1.54, 1.807) is 0 Å². The fourth-order valence-electron chi connectivity index (χ4n) is 3.60. The summed E-state index contributed by atoms with van der Waals surface area (Å²) in [7, 11) is 0. The van der Waals surface area contributed by atoms with Crippen LogP contribution in [0, 0.1) is 0 Å². The molecular weight excluding hydrogens is 384 g/mol. The van der Waals surface area contributed by atoms with Crippen LogP contribution in [0.4, 0.5) is 0 Å². The van der Waals surface area contributed by atoms with Crippen LogP contribution in [0.2, 0.25) is 0 Å². The van der Waals surface area contributed by atoms with Crippen molar-refractivity contribution >= 4 is 5.97 Å². The fraction of sp³-hybridized carbons (Fsp3) is 0.536. The van der Waals surface area contributed by atoms with Gasteiger partial charge in [-0.3, -0.25) is 4.79 Å². The third kappa shape index (κ3) is 12.2. The number of esters is 1. The van der Waals surface area contributed by atoms with Crippen molar-refractivity contribution in [2.24, 2.45) is 0 Å². The van der Waals surface area contributed by atoms with Gasteiger partial charge in [0.05, 0.1) is 6.61 Å². The summed E-state index contributed by atoms with van der Waals surface area (Å²) in [6.07, 6.45) is 14.0. The lowest BCUT2D eigenvalue weighted by molar-refractivity contribution is -0.143. The normalized spacial score (nSPS) is 10.7. The van der Waals surface area contributed by atoms with E-state index in [-0.39, 0.29) is 5.97 Å². The number of unbranched alkanes of at least 4 members (excludes halogenated alkanes) is 9. The molecule has 2 aromatic carbocycles. The topological polar surface area (TPSA) is 35.5 Å². The number of ether oxygens (including phenoxy) is 2. The standard InChI is InChI=1S/C28H40O3/c1-2-3-4-5-6-7-8-9-10-14-17-28(29)30-23-22-25-18-20-27(21-19-25)31-24-26-15-12-11-13-16-26/h11-13,15-16,18-21H,2-10,14,17,22-24H2,1H3. The van der Waals surface area contributed by atoms with Crippen LogP contribution in [0.3, 0.4) is 0 Å². The predicted octanol–water partition coefficient (Wildman–Crippen LogP) is 7.66. The lowest BCUT2D eigenvalue weighted by atomic mass is 10.1. The number of hydrogen-bond acceptors (Lipinski definition) is 3. The largest absolute Gasteiger partial charge is 0.489 e. The van der Waals surface area contributed by atoms with Crippen molar-refractivity contribution in [3.63, 3.8) is 0 Å². The van der Waals surface area contributed by atoms with Crippen molar-refractivity contribution in [1.82, 2.24) is 0 Å². The second kappa shape index (κ2) is 16.4. The molecule has 0 aliphatic carbocycles. The Balaban J connectivity index is 1.46. The highest BCUT2D eigenvalue weighted by Crippen LogP contribution is 2.15. The fourth-order valence-corrected chi connectivity index (χ4v) is 3.60. The zero-order valence-electron chi connectivity index (χ0n) is 19.3. The average molecular weight is 425 g/mol. The lowest BCUT2D eigenvalue weighted by Crippen LogP contribution is -2.07. The van der Waals surface area contributed by atoms with Gasteiger partial charge in [0.15, 0.2) is 0 Å². The van der Waals surface area contributed by atoms with Crippen molar-refractivity contribution < 1.29 is 14.3 Å². The number of benzene rings is 2. The van der Waals surface area contributed by atoms with Crippen LogP contribution in [0.25, 0.3) is 0 Å². The van der Waals surface area contributed by atoms with Crippen LogP contribution in [0.1, 0.15) is 88.7 Å². The molecule has 0 amide bonds. The van der Waals surface area contributed by atoms with Crippen molar-refractivity contribution in [2.45, 2.75) is 90.6 Å². The summed E-state index contributed by atoms with van der Waals surface area (Å²) in [6, 6.07) is 18.2. The number of carbonyl (C=O) groups excluding carboxylic acids is 1. The number of hydrogen-bond donors (Lipinski definition) is 0. The molecule has 0 unspecified atom stereocenters. The van der Waals surface area contributed by atoms with Crippen LogP contribution < -0.4 is 4.74 Å². The minimum atomic E-state index is -0.0672. The molecule has 0 fully saturated rings. The quantitative estimate of drug-likeness (QED) is 0.193. The molecule has 0 N–H and O–H groups in total. The Bertz CT molecular complexity index is 694. The highest BCUT2D eigenvalue weighted by atomic mass is 16.5.